The van der Waals surface area contributed by atoms with Crippen LogP contribution in [0.4, 0.5) is 55.4 Å². The standard InChI is InChI=1S/C42H42N16S2/c1-12-55(13-2)40-47-30(27-21-17-16-18-22-27)36(59-40)51-53-38-49-32(43-8)34(45-10)57(38)25-28-23-19-20-24-29(28)26-58-35(46-11)33(44-9)50-39(58)54-52-37-31(42(5,6)7)48-41(60-37)56(14-3)15-4/h16-24H,12-15,25-26H2,1-7H3/b53-51+,54-52+. The normalized spacial score (nSPS) is 11.4. The maximum atomic E-state index is 8.03. The highest BCUT2D eigenvalue weighted by Gasteiger charge is 2.29. The summed E-state index contributed by atoms with van der Waals surface area (Å²) in [5.41, 5.74) is 3.51. The van der Waals surface area contributed by atoms with Gasteiger partial charge in [-0.1, -0.05) is 145 Å². The van der Waals surface area contributed by atoms with Crippen LogP contribution >= 0.6 is 22.7 Å². The second-order valence-electron chi connectivity index (χ2n) is 14.2. The number of benzene rings is 2. The zero-order chi connectivity index (χ0) is 43.0. The first-order chi connectivity index (χ1) is 29.0. The summed E-state index contributed by atoms with van der Waals surface area (Å²) in [6, 6.07) is 17.2. The lowest BCUT2D eigenvalue weighted by Crippen LogP contribution is -2.22. The molecule has 0 saturated carbocycles. The maximum absolute atomic E-state index is 8.03. The lowest BCUT2D eigenvalue weighted by atomic mass is 9.93. The van der Waals surface area contributed by atoms with E-state index < -0.39 is 0 Å². The van der Waals surface area contributed by atoms with Crippen molar-refractivity contribution in [3.8, 4) is 11.3 Å². The van der Waals surface area contributed by atoms with Gasteiger partial charge in [-0.2, -0.15) is 0 Å². The number of thiazole rings is 2. The van der Waals surface area contributed by atoms with Crippen LogP contribution in [0.15, 0.2) is 75.1 Å². The molecule has 0 unspecified atom stereocenters. The molecule has 0 amide bonds. The van der Waals surface area contributed by atoms with Crippen LogP contribution in [-0.4, -0.2) is 55.2 Å². The summed E-state index contributed by atoms with van der Waals surface area (Å²) in [4.78, 5) is 37.5. The molecule has 0 aliphatic carbocycles. The fraction of sp³-hybridized carbons (Fsp3) is 0.333. The summed E-state index contributed by atoms with van der Waals surface area (Å²) in [7, 11) is 0. The van der Waals surface area contributed by atoms with Crippen LogP contribution < -0.4 is 9.80 Å². The Kier molecular flexibility index (Phi) is 13.2. The van der Waals surface area contributed by atoms with Crippen LogP contribution in [0.25, 0.3) is 30.6 Å². The van der Waals surface area contributed by atoms with E-state index in [9.17, 15) is 0 Å². The van der Waals surface area contributed by atoms with E-state index in [2.05, 4.69) is 108 Å². The molecule has 0 atom stereocenters. The minimum atomic E-state index is -0.323. The summed E-state index contributed by atoms with van der Waals surface area (Å²) < 4.78 is 3.14. The second-order valence-corrected chi connectivity index (χ2v) is 16.1. The zero-order valence-electron chi connectivity index (χ0n) is 34.4. The van der Waals surface area contributed by atoms with Crippen LogP contribution in [0.1, 0.15) is 65.3 Å². The van der Waals surface area contributed by atoms with Crippen molar-refractivity contribution >= 4 is 78.1 Å². The highest BCUT2D eigenvalue weighted by molar-refractivity contribution is 7.20. The van der Waals surface area contributed by atoms with E-state index in [0.29, 0.717) is 15.7 Å². The Labute approximate surface area is 357 Å². The Bertz CT molecular complexity index is 2710. The quantitative estimate of drug-likeness (QED) is 0.0746. The predicted octanol–water partition coefficient (Wildman–Crippen LogP) is 12.8. The first kappa shape index (κ1) is 42.5. The Morgan fingerprint density at radius 2 is 1.03 bits per heavy atom. The molecule has 302 valence electrons. The van der Waals surface area contributed by atoms with E-state index in [4.69, 9.17) is 36.3 Å². The van der Waals surface area contributed by atoms with E-state index in [-0.39, 0.29) is 53.7 Å². The van der Waals surface area contributed by atoms with E-state index >= 15 is 0 Å². The molecule has 4 heterocycles. The highest BCUT2D eigenvalue weighted by Crippen LogP contribution is 2.43. The Morgan fingerprint density at radius 3 is 1.48 bits per heavy atom. The van der Waals surface area contributed by atoms with E-state index in [1.807, 2.05) is 54.6 Å². The van der Waals surface area contributed by atoms with Crippen molar-refractivity contribution in [2.24, 2.45) is 20.5 Å². The fourth-order valence-corrected chi connectivity index (χ4v) is 8.58. The van der Waals surface area contributed by atoms with Crippen molar-refractivity contribution in [3.05, 3.63) is 117 Å². The van der Waals surface area contributed by atoms with Crippen molar-refractivity contribution < 1.29 is 0 Å². The van der Waals surface area contributed by atoms with Crippen molar-refractivity contribution in [1.82, 2.24) is 29.1 Å². The molecule has 6 rings (SSSR count). The average Bonchev–Trinajstić information content (AvgIpc) is 4.04. The summed E-state index contributed by atoms with van der Waals surface area (Å²) >= 11 is 2.84. The van der Waals surface area contributed by atoms with Gasteiger partial charge in [0.15, 0.2) is 20.3 Å². The third-order valence-corrected chi connectivity index (χ3v) is 11.5. The van der Waals surface area contributed by atoms with Gasteiger partial charge in [0, 0.05) is 37.2 Å². The van der Waals surface area contributed by atoms with Crippen molar-refractivity contribution in [3.63, 3.8) is 0 Å². The molecule has 0 bridgehead atoms. The molecule has 0 fully saturated rings. The smallest absolute Gasteiger partial charge is 0.373 e. The third-order valence-electron chi connectivity index (χ3n) is 9.49. The van der Waals surface area contributed by atoms with Crippen LogP contribution in [0.2, 0.25) is 0 Å². The highest BCUT2D eigenvalue weighted by atomic mass is 32.1. The number of hydrogen-bond acceptors (Lipinski definition) is 12. The Hall–Kier alpha value is -7.12. The molecule has 60 heavy (non-hydrogen) atoms. The Balaban J connectivity index is 1.40. The summed E-state index contributed by atoms with van der Waals surface area (Å²) in [6.45, 7) is 49.5. The van der Waals surface area contributed by atoms with Crippen LogP contribution in [0, 0.1) is 26.3 Å². The lowest BCUT2D eigenvalue weighted by Gasteiger charge is -2.18. The minimum Gasteiger partial charge on any atom is -0.373 e. The molecule has 6 aromatic rings. The molecular formula is C42H42N16S2. The van der Waals surface area contributed by atoms with Gasteiger partial charge in [0.1, 0.15) is 18.8 Å². The largest absolute Gasteiger partial charge is 0.417 e. The monoisotopic (exact) mass is 834 g/mol. The number of nitrogens with zero attached hydrogens (tertiary/aromatic N) is 16. The van der Waals surface area contributed by atoms with E-state index in [1.165, 1.54) is 22.7 Å². The molecule has 0 N–H and O–H groups in total. The van der Waals surface area contributed by atoms with Crippen LogP contribution in [0.3, 0.4) is 0 Å². The summed E-state index contributed by atoms with van der Waals surface area (Å²) in [5.74, 6) is 0.0338. The van der Waals surface area contributed by atoms with Gasteiger partial charge in [-0.05, 0) is 38.8 Å². The number of imidazole rings is 2. The summed E-state index contributed by atoms with van der Waals surface area (Å²) in [6.07, 6.45) is 0. The maximum Gasteiger partial charge on any atom is 0.417 e. The van der Waals surface area contributed by atoms with Gasteiger partial charge >= 0.3 is 11.9 Å². The first-order valence-electron chi connectivity index (χ1n) is 19.2. The van der Waals surface area contributed by atoms with Gasteiger partial charge in [0.2, 0.25) is 0 Å². The SMILES string of the molecule is [C-]#[N+]c1nc(/N=N/c2sc(N(CC)CC)nc2-c2ccccc2)n(Cc2ccccc2Cn2c(/N=N/c3sc(N(CC)CC)nc3C(C)(C)C)nc([N+]#[C-])c2[N+]#[C-])c1[N+]#[C-]. The number of rotatable bonds is 15. The zero-order valence-corrected chi connectivity index (χ0v) is 36.0. The molecule has 0 aliphatic rings. The minimum absolute atomic E-state index is 0.0164. The molecule has 16 nitrogen and oxygen atoms in total. The number of azo groups is 2. The van der Waals surface area contributed by atoms with Gasteiger partial charge in [0.25, 0.3) is 23.3 Å². The first-order valence-corrected chi connectivity index (χ1v) is 20.8. The number of hydrogen-bond donors (Lipinski definition) is 0. The van der Waals surface area contributed by atoms with Crippen molar-refractivity contribution in [2.45, 2.75) is 67.0 Å². The van der Waals surface area contributed by atoms with Crippen LogP contribution in [-0.2, 0) is 18.5 Å². The molecule has 18 heteroatoms. The fourth-order valence-electron chi connectivity index (χ4n) is 6.31. The second kappa shape index (κ2) is 18.6. The Morgan fingerprint density at radius 1 is 0.583 bits per heavy atom. The van der Waals surface area contributed by atoms with E-state index in [1.54, 1.807) is 9.13 Å². The van der Waals surface area contributed by atoms with Gasteiger partial charge in [-0.3, -0.25) is 0 Å². The predicted molar refractivity (Wildman–Crippen MR) is 238 cm³/mol. The van der Waals surface area contributed by atoms with Crippen LogP contribution in [0.5, 0.6) is 0 Å². The molecule has 0 spiro atoms. The number of anilines is 2. The van der Waals surface area contributed by atoms with Crippen molar-refractivity contribution in [2.75, 3.05) is 36.0 Å². The summed E-state index contributed by atoms with van der Waals surface area (Å²) in [5, 5.41) is 21.2. The molecule has 0 aliphatic heterocycles. The molecular weight excluding hydrogens is 793 g/mol. The van der Waals surface area contributed by atoms with Gasteiger partial charge in [0.05, 0.1) is 5.69 Å². The van der Waals surface area contributed by atoms with Gasteiger partial charge in [-0.25, -0.2) is 19.1 Å². The van der Waals surface area contributed by atoms with Gasteiger partial charge < -0.3 is 29.2 Å². The molecule has 2 aromatic carbocycles. The molecule has 4 aromatic heterocycles. The topological polar surface area (TPSA) is 135 Å². The number of aromatic nitrogens is 6. The molecule has 0 radical (unpaired) electrons. The lowest BCUT2D eigenvalue weighted by molar-refractivity contribution is 0.573. The van der Waals surface area contributed by atoms with Gasteiger partial charge in [-0.15, -0.1) is 10.2 Å². The van der Waals surface area contributed by atoms with E-state index in [0.717, 1.165) is 58.8 Å². The molecule has 0 saturated heterocycles. The third kappa shape index (κ3) is 8.81. The van der Waals surface area contributed by atoms with Crippen molar-refractivity contribution in [1.29, 1.82) is 0 Å². The average molecular weight is 835 g/mol.